The highest BCUT2D eigenvalue weighted by molar-refractivity contribution is 14.1. The van der Waals surface area contributed by atoms with Crippen molar-refractivity contribution in [2.24, 2.45) is 0 Å². The highest BCUT2D eigenvalue weighted by atomic mass is 127. The number of nitrogens with zero attached hydrogens (tertiary/aromatic N) is 4. The molecule has 1 aliphatic heterocycles. The molecule has 0 radical (unpaired) electrons. The zero-order valence-corrected chi connectivity index (χ0v) is 15.5. The van der Waals surface area contributed by atoms with Crippen LogP contribution in [-0.2, 0) is 16.2 Å². The van der Waals surface area contributed by atoms with E-state index in [0.717, 1.165) is 59.1 Å². The van der Waals surface area contributed by atoms with Crippen molar-refractivity contribution >= 4 is 51.2 Å². The second-order valence-corrected chi connectivity index (χ2v) is 7.12. The van der Waals surface area contributed by atoms with Crippen molar-refractivity contribution in [3.8, 4) is 0 Å². The number of morpholine rings is 1. The minimum Gasteiger partial charge on any atom is -0.378 e. The van der Waals surface area contributed by atoms with Crippen molar-refractivity contribution in [3.05, 3.63) is 16.1 Å². The molecule has 3 heterocycles. The summed E-state index contributed by atoms with van der Waals surface area (Å²) in [5.41, 5.74) is 0.935. The summed E-state index contributed by atoms with van der Waals surface area (Å²) in [5.74, 6) is 2.00. The van der Waals surface area contributed by atoms with E-state index in [9.17, 15) is 0 Å². The second kappa shape index (κ2) is 7.80. The van der Waals surface area contributed by atoms with Crippen LogP contribution in [0.5, 0.6) is 0 Å². The van der Waals surface area contributed by atoms with Crippen LogP contribution in [0.4, 0.5) is 5.82 Å². The lowest BCUT2D eigenvalue weighted by Gasteiger charge is -2.28. The summed E-state index contributed by atoms with van der Waals surface area (Å²) < 4.78 is 14.4. The molecule has 0 bridgehead atoms. The normalized spacial score (nSPS) is 15.6. The average molecular weight is 434 g/mol. The molecule has 0 aromatic carbocycles. The van der Waals surface area contributed by atoms with Gasteiger partial charge in [-0.15, -0.1) is 0 Å². The number of hydrogen-bond acceptors (Lipinski definition) is 6. The van der Waals surface area contributed by atoms with E-state index in [2.05, 4.69) is 54.5 Å². The van der Waals surface area contributed by atoms with Gasteiger partial charge in [0.15, 0.2) is 0 Å². The van der Waals surface area contributed by atoms with Gasteiger partial charge in [0.2, 0.25) is 0 Å². The third-order valence-corrected chi connectivity index (χ3v) is 4.95. The summed E-state index contributed by atoms with van der Waals surface area (Å²) in [7, 11) is 0. The molecule has 2 aromatic rings. The first kappa shape index (κ1) is 16.3. The minimum absolute atomic E-state index is 0.527. The minimum atomic E-state index is 0.527. The molecule has 0 atom stereocenters. The summed E-state index contributed by atoms with van der Waals surface area (Å²) in [5, 5.41) is 1.11. The van der Waals surface area contributed by atoms with Gasteiger partial charge < -0.3 is 18.9 Å². The number of halogens is 1. The van der Waals surface area contributed by atoms with Crippen LogP contribution in [0.2, 0.25) is 0 Å². The van der Waals surface area contributed by atoms with Crippen LogP contribution in [0.1, 0.15) is 0 Å². The number of aromatic nitrogens is 3. The Hall–Kier alpha value is -0.580. The SMILES string of the molecule is CSCCOCn1cc(I)c2c(N3CCOCC3)ncnc21. The van der Waals surface area contributed by atoms with Gasteiger partial charge in [0.1, 0.15) is 24.5 Å². The molecular formula is C14H19IN4O2S. The van der Waals surface area contributed by atoms with Crippen molar-refractivity contribution in [3.63, 3.8) is 0 Å². The van der Waals surface area contributed by atoms with E-state index < -0.39 is 0 Å². The quantitative estimate of drug-likeness (QED) is 0.514. The van der Waals surface area contributed by atoms with E-state index in [0.29, 0.717) is 6.73 Å². The fourth-order valence-corrected chi connectivity index (χ4v) is 3.58. The predicted molar refractivity (Wildman–Crippen MR) is 97.6 cm³/mol. The van der Waals surface area contributed by atoms with Crippen molar-refractivity contribution in [1.82, 2.24) is 14.5 Å². The first-order chi connectivity index (χ1) is 10.8. The van der Waals surface area contributed by atoms with E-state index in [-0.39, 0.29) is 0 Å². The smallest absolute Gasteiger partial charge is 0.148 e. The summed E-state index contributed by atoms with van der Waals surface area (Å²) in [6.45, 7) is 4.52. The Balaban J connectivity index is 1.86. The molecule has 3 rings (SSSR count). The topological polar surface area (TPSA) is 52.4 Å². The van der Waals surface area contributed by atoms with E-state index in [1.165, 1.54) is 0 Å². The van der Waals surface area contributed by atoms with E-state index in [4.69, 9.17) is 9.47 Å². The van der Waals surface area contributed by atoms with Crippen LogP contribution in [0, 0.1) is 3.57 Å². The standard InChI is InChI=1S/C14H19IN4O2S/c1-22-7-6-21-10-19-8-11(15)12-13(16-9-17-14(12)19)18-2-4-20-5-3-18/h8-9H,2-7,10H2,1H3. The first-order valence-electron chi connectivity index (χ1n) is 7.20. The van der Waals surface area contributed by atoms with Crippen LogP contribution >= 0.6 is 34.4 Å². The number of thioether (sulfide) groups is 1. The van der Waals surface area contributed by atoms with Gasteiger partial charge in [-0.05, 0) is 28.8 Å². The van der Waals surface area contributed by atoms with Crippen molar-refractivity contribution < 1.29 is 9.47 Å². The molecule has 1 fully saturated rings. The predicted octanol–water partition coefficient (Wildman–Crippen LogP) is 2.21. The zero-order chi connectivity index (χ0) is 15.4. The molecule has 120 valence electrons. The molecule has 0 unspecified atom stereocenters. The number of rotatable bonds is 6. The Kier molecular flexibility index (Phi) is 5.77. The molecule has 6 nitrogen and oxygen atoms in total. The monoisotopic (exact) mass is 434 g/mol. The Morgan fingerprint density at radius 1 is 1.36 bits per heavy atom. The van der Waals surface area contributed by atoms with Gasteiger partial charge >= 0.3 is 0 Å². The second-order valence-electron chi connectivity index (χ2n) is 4.97. The maximum atomic E-state index is 5.71. The molecular weight excluding hydrogens is 415 g/mol. The molecule has 0 saturated carbocycles. The van der Waals surface area contributed by atoms with Gasteiger partial charge in [0, 0.05) is 28.6 Å². The molecule has 8 heteroatoms. The third kappa shape index (κ3) is 3.50. The molecule has 0 spiro atoms. The van der Waals surface area contributed by atoms with E-state index in [1.54, 1.807) is 18.1 Å². The Morgan fingerprint density at radius 3 is 2.95 bits per heavy atom. The van der Waals surface area contributed by atoms with Crippen LogP contribution in [0.15, 0.2) is 12.5 Å². The maximum Gasteiger partial charge on any atom is 0.148 e. The lowest BCUT2D eigenvalue weighted by Crippen LogP contribution is -2.36. The number of anilines is 1. The fraction of sp³-hybridized carbons (Fsp3) is 0.571. The molecule has 0 amide bonds. The lowest BCUT2D eigenvalue weighted by atomic mass is 10.3. The lowest BCUT2D eigenvalue weighted by molar-refractivity contribution is 0.0926. The van der Waals surface area contributed by atoms with Gasteiger partial charge in [-0.25, -0.2) is 9.97 Å². The molecule has 2 aromatic heterocycles. The summed E-state index contributed by atoms with van der Waals surface area (Å²) >= 11 is 4.14. The van der Waals surface area contributed by atoms with Gasteiger partial charge in [-0.1, -0.05) is 0 Å². The van der Waals surface area contributed by atoms with Gasteiger partial charge in [-0.3, -0.25) is 0 Å². The van der Waals surface area contributed by atoms with Crippen molar-refractivity contribution in [2.45, 2.75) is 6.73 Å². The molecule has 1 saturated heterocycles. The molecule has 22 heavy (non-hydrogen) atoms. The largest absolute Gasteiger partial charge is 0.378 e. The Labute approximate surface area is 147 Å². The number of hydrogen-bond donors (Lipinski definition) is 0. The van der Waals surface area contributed by atoms with Gasteiger partial charge in [0.05, 0.1) is 25.2 Å². The van der Waals surface area contributed by atoms with Gasteiger partial charge in [0.25, 0.3) is 0 Å². The van der Waals surface area contributed by atoms with Crippen LogP contribution in [0.3, 0.4) is 0 Å². The summed E-state index contributed by atoms with van der Waals surface area (Å²) in [6.07, 6.45) is 5.81. The molecule has 0 aliphatic carbocycles. The highest BCUT2D eigenvalue weighted by Gasteiger charge is 2.19. The average Bonchev–Trinajstić information content (AvgIpc) is 2.89. The third-order valence-electron chi connectivity index (χ3n) is 3.56. The summed E-state index contributed by atoms with van der Waals surface area (Å²) in [4.78, 5) is 11.2. The summed E-state index contributed by atoms with van der Waals surface area (Å²) in [6, 6.07) is 0. The molecule has 0 N–H and O–H groups in total. The maximum absolute atomic E-state index is 5.71. The Morgan fingerprint density at radius 2 is 2.18 bits per heavy atom. The molecule has 1 aliphatic rings. The number of fused-ring (bicyclic) bond motifs is 1. The fourth-order valence-electron chi connectivity index (χ4n) is 2.48. The number of ether oxygens (including phenoxy) is 2. The first-order valence-corrected chi connectivity index (χ1v) is 9.67. The Bertz CT molecular complexity index is 631. The van der Waals surface area contributed by atoms with Crippen LogP contribution < -0.4 is 4.90 Å². The highest BCUT2D eigenvalue weighted by Crippen LogP contribution is 2.29. The van der Waals surface area contributed by atoms with Crippen molar-refractivity contribution in [2.75, 3.05) is 49.8 Å². The zero-order valence-electron chi connectivity index (χ0n) is 12.5. The van der Waals surface area contributed by atoms with Crippen LogP contribution in [0.25, 0.3) is 11.0 Å². The van der Waals surface area contributed by atoms with E-state index in [1.807, 2.05) is 0 Å². The van der Waals surface area contributed by atoms with Crippen molar-refractivity contribution in [1.29, 1.82) is 0 Å². The van der Waals surface area contributed by atoms with E-state index >= 15 is 0 Å². The van der Waals surface area contributed by atoms with Gasteiger partial charge in [-0.2, -0.15) is 11.8 Å². The van der Waals surface area contributed by atoms with Crippen LogP contribution in [-0.4, -0.2) is 59.5 Å².